The van der Waals surface area contributed by atoms with Crippen LogP contribution in [0.4, 0.5) is 29.1 Å². The minimum atomic E-state index is -4.83. The Morgan fingerprint density at radius 1 is 1.16 bits per heavy atom. The molecule has 0 aliphatic carbocycles. The van der Waals surface area contributed by atoms with Crippen LogP contribution in [-0.2, 0) is 10.9 Å². The molecule has 0 spiro atoms. The van der Waals surface area contributed by atoms with Crippen molar-refractivity contribution in [3.8, 4) is 0 Å². The Labute approximate surface area is 209 Å². The van der Waals surface area contributed by atoms with Crippen molar-refractivity contribution in [2.75, 3.05) is 36.5 Å². The number of ether oxygens (including phenoxy) is 1. The van der Waals surface area contributed by atoms with E-state index in [0.717, 1.165) is 17.2 Å². The molecule has 1 unspecified atom stereocenters. The molecule has 2 amide bonds. The highest BCUT2D eigenvalue weighted by atomic mass is 19.4. The maximum Gasteiger partial charge on any atom is 0.416 e. The van der Waals surface area contributed by atoms with Gasteiger partial charge in [-0.25, -0.2) is 9.37 Å². The number of carbonyl (C=O) groups excluding carboxylic acids is 2. The van der Waals surface area contributed by atoms with Crippen LogP contribution in [0, 0.1) is 12.7 Å². The number of pyridine rings is 1. The average Bonchev–Trinajstić information content (AvgIpc) is 3.21. The third-order valence-electron chi connectivity index (χ3n) is 6.44. The molecule has 1 aromatic heterocycles. The summed E-state index contributed by atoms with van der Waals surface area (Å²) in [6.45, 7) is 3.82. The highest BCUT2D eigenvalue weighted by Gasteiger charge is 2.38. The molecule has 2 aliphatic rings. The topological polar surface area (TPSA) is 83.6 Å². The lowest BCUT2D eigenvalue weighted by atomic mass is 9.94. The van der Waals surface area contributed by atoms with Gasteiger partial charge in [0.05, 0.1) is 42.3 Å². The highest BCUT2D eigenvalue weighted by molar-refractivity contribution is 6.09. The van der Waals surface area contributed by atoms with E-state index in [2.05, 4.69) is 15.6 Å². The zero-order chi connectivity index (χ0) is 26.3. The molecular weight excluding hydrogens is 492 g/mol. The lowest BCUT2D eigenvalue weighted by Gasteiger charge is -2.29. The largest absolute Gasteiger partial charge is 0.416 e. The van der Waals surface area contributed by atoms with Crippen molar-refractivity contribution in [3.63, 3.8) is 0 Å². The van der Waals surface area contributed by atoms with E-state index < -0.39 is 41.0 Å². The Morgan fingerprint density at radius 3 is 2.59 bits per heavy atom. The average molecular weight is 514 g/mol. The lowest BCUT2D eigenvalue weighted by molar-refractivity contribution is -0.137. The number of alkyl halides is 3. The van der Waals surface area contributed by atoms with Gasteiger partial charge in [0.1, 0.15) is 11.6 Å². The van der Waals surface area contributed by atoms with Crippen molar-refractivity contribution in [2.45, 2.75) is 19.1 Å². The van der Waals surface area contributed by atoms with E-state index in [-0.39, 0.29) is 11.3 Å². The number of amides is 2. The summed E-state index contributed by atoms with van der Waals surface area (Å²) in [5.74, 6) is -2.12. The molecule has 2 N–H and O–H groups in total. The number of carbonyl (C=O) groups is 2. The SMILES string of the molecule is Cc1ccccc1C1NC(=O)c2c(N3CCOCC3)ncc(NC(=O)c3cc(F)cc(C(F)(F)F)c3)c21. The number of halogens is 4. The van der Waals surface area contributed by atoms with Gasteiger partial charge < -0.3 is 20.3 Å². The van der Waals surface area contributed by atoms with Crippen LogP contribution in [0.1, 0.15) is 49.0 Å². The fraction of sp³-hybridized carbons (Fsp3) is 0.269. The fourth-order valence-electron chi connectivity index (χ4n) is 4.65. The smallest absolute Gasteiger partial charge is 0.378 e. The highest BCUT2D eigenvalue weighted by Crippen LogP contribution is 2.41. The third kappa shape index (κ3) is 4.74. The molecule has 192 valence electrons. The number of benzene rings is 2. The molecule has 3 aromatic rings. The Balaban J connectivity index is 1.60. The second kappa shape index (κ2) is 9.47. The summed E-state index contributed by atoms with van der Waals surface area (Å²) in [6.07, 6.45) is -3.46. The van der Waals surface area contributed by atoms with Crippen molar-refractivity contribution in [2.24, 2.45) is 0 Å². The van der Waals surface area contributed by atoms with E-state index in [4.69, 9.17) is 4.74 Å². The van der Waals surface area contributed by atoms with E-state index in [1.54, 1.807) is 0 Å². The van der Waals surface area contributed by atoms with Crippen molar-refractivity contribution in [3.05, 3.63) is 87.9 Å². The summed E-state index contributed by atoms with van der Waals surface area (Å²) in [4.78, 5) is 32.6. The van der Waals surface area contributed by atoms with Crippen LogP contribution in [0.15, 0.2) is 48.7 Å². The van der Waals surface area contributed by atoms with Crippen molar-refractivity contribution in [1.82, 2.24) is 10.3 Å². The molecule has 0 radical (unpaired) electrons. The normalized spacial score (nSPS) is 17.4. The summed E-state index contributed by atoms with van der Waals surface area (Å²) in [6, 6.07) is 8.39. The van der Waals surface area contributed by atoms with E-state index in [1.165, 1.54) is 6.20 Å². The number of nitrogens with zero attached hydrogens (tertiary/aromatic N) is 2. The Bertz CT molecular complexity index is 1390. The number of fused-ring (bicyclic) bond motifs is 1. The summed E-state index contributed by atoms with van der Waals surface area (Å²) < 4.78 is 58.9. The molecule has 1 saturated heterocycles. The van der Waals surface area contributed by atoms with Gasteiger partial charge in [0.2, 0.25) is 0 Å². The minimum Gasteiger partial charge on any atom is -0.378 e. The Morgan fingerprint density at radius 2 is 1.89 bits per heavy atom. The maximum absolute atomic E-state index is 14.0. The molecular formula is C26H22F4N4O3. The Kier molecular flexibility index (Phi) is 6.32. The van der Waals surface area contributed by atoms with Crippen molar-refractivity contribution in [1.29, 1.82) is 0 Å². The molecule has 7 nitrogen and oxygen atoms in total. The first-order valence-corrected chi connectivity index (χ1v) is 11.5. The molecule has 2 aromatic carbocycles. The maximum atomic E-state index is 14.0. The first-order chi connectivity index (χ1) is 17.6. The van der Waals surface area contributed by atoms with Gasteiger partial charge in [-0.2, -0.15) is 13.2 Å². The monoisotopic (exact) mass is 514 g/mol. The second-order valence-electron chi connectivity index (χ2n) is 8.83. The van der Waals surface area contributed by atoms with Crippen molar-refractivity contribution >= 4 is 23.3 Å². The van der Waals surface area contributed by atoms with Crippen LogP contribution < -0.4 is 15.5 Å². The van der Waals surface area contributed by atoms with Gasteiger partial charge in [0.25, 0.3) is 11.8 Å². The molecule has 0 bridgehead atoms. The van der Waals surface area contributed by atoms with E-state index >= 15 is 0 Å². The van der Waals surface area contributed by atoms with E-state index in [9.17, 15) is 27.2 Å². The van der Waals surface area contributed by atoms with Crippen LogP contribution in [0.2, 0.25) is 0 Å². The number of rotatable bonds is 4. The number of hydrogen-bond donors (Lipinski definition) is 2. The summed E-state index contributed by atoms with van der Waals surface area (Å²) >= 11 is 0. The van der Waals surface area contributed by atoms with Gasteiger partial charge in [0.15, 0.2) is 0 Å². The van der Waals surface area contributed by atoms with Gasteiger partial charge in [0, 0.05) is 24.2 Å². The second-order valence-corrected chi connectivity index (χ2v) is 8.83. The molecule has 3 heterocycles. The van der Waals surface area contributed by atoms with Gasteiger partial charge >= 0.3 is 6.18 Å². The molecule has 11 heteroatoms. The lowest BCUT2D eigenvalue weighted by Crippen LogP contribution is -2.38. The van der Waals surface area contributed by atoms with Crippen LogP contribution in [0.5, 0.6) is 0 Å². The number of aromatic nitrogens is 1. The number of anilines is 2. The van der Waals surface area contributed by atoms with E-state index in [0.29, 0.717) is 49.8 Å². The molecule has 2 aliphatic heterocycles. The van der Waals surface area contributed by atoms with Gasteiger partial charge in [-0.3, -0.25) is 9.59 Å². The summed E-state index contributed by atoms with van der Waals surface area (Å²) in [5, 5.41) is 5.51. The third-order valence-corrected chi connectivity index (χ3v) is 6.44. The van der Waals surface area contributed by atoms with E-state index in [1.807, 2.05) is 36.1 Å². The van der Waals surface area contributed by atoms with Crippen molar-refractivity contribution < 1.29 is 31.9 Å². The van der Waals surface area contributed by atoms with Crippen LogP contribution >= 0.6 is 0 Å². The fourth-order valence-corrected chi connectivity index (χ4v) is 4.65. The molecule has 1 fully saturated rings. The zero-order valence-electron chi connectivity index (χ0n) is 19.7. The number of morpholine rings is 1. The zero-order valence-corrected chi connectivity index (χ0v) is 19.7. The molecule has 37 heavy (non-hydrogen) atoms. The molecule has 5 rings (SSSR count). The predicted molar refractivity (Wildman–Crippen MR) is 127 cm³/mol. The molecule has 1 atom stereocenters. The van der Waals surface area contributed by atoms with Crippen LogP contribution in [-0.4, -0.2) is 43.1 Å². The summed E-state index contributed by atoms with van der Waals surface area (Å²) in [7, 11) is 0. The predicted octanol–water partition coefficient (Wildman–Crippen LogP) is 4.47. The van der Waals surface area contributed by atoms with Crippen LogP contribution in [0.25, 0.3) is 0 Å². The first kappa shape index (κ1) is 24.7. The standard InChI is InChI=1S/C26H22F4N4O3/c1-14-4-2-3-5-18(14)22-20-19(32-24(35)15-10-16(26(28,29)30)12-17(27)11-15)13-31-23(21(20)25(36)33-22)34-6-8-37-9-7-34/h2-5,10-13,22H,6-9H2,1H3,(H,32,35)(H,33,36). The quantitative estimate of drug-likeness (QED) is 0.502. The summed E-state index contributed by atoms with van der Waals surface area (Å²) in [5.41, 5.74) is 0.736. The first-order valence-electron chi connectivity index (χ1n) is 11.5. The van der Waals surface area contributed by atoms with Crippen LogP contribution in [0.3, 0.4) is 0 Å². The number of nitrogens with one attached hydrogen (secondary N) is 2. The number of aryl methyl sites for hydroxylation is 1. The Hall–Kier alpha value is -3.99. The number of hydrogen-bond acceptors (Lipinski definition) is 5. The van der Waals surface area contributed by atoms with Gasteiger partial charge in [-0.15, -0.1) is 0 Å². The van der Waals surface area contributed by atoms with Gasteiger partial charge in [-0.05, 0) is 36.2 Å². The molecule has 0 saturated carbocycles. The van der Waals surface area contributed by atoms with Gasteiger partial charge in [-0.1, -0.05) is 24.3 Å². The minimum absolute atomic E-state index is 0.140.